The first-order valence-electron chi connectivity index (χ1n) is 6.32. The molecule has 0 saturated carbocycles. The molecule has 0 radical (unpaired) electrons. The van der Waals surface area contributed by atoms with Crippen LogP contribution < -0.4 is 0 Å². The lowest BCUT2D eigenvalue weighted by Crippen LogP contribution is -2.05. The highest BCUT2D eigenvalue weighted by atomic mass is 32.2. The molecule has 1 fully saturated rings. The van der Waals surface area contributed by atoms with Crippen LogP contribution in [0.5, 0.6) is 0 Å². The second kappa shape index (κ2) is 6.29. The van der Waals surface area contributed by atoms with Gasteiger partial charge >= 0.3 is 0 Å². The lowest BCUT2D eigenvalue weighted by molar-refractivity contribution is 0.759. The van der Waals surface area contributed by atoms with Gasteiger partial charge in [0.2, 0.25) is 0 Å². The number of benzene rings is 1. The van der Waals surface area contributed by atoms with E-state index in [4.69, 9.17) is 0 Å². The number of thioether (sulfide) groups is 2. The summed E-state index contributed by atoms with van der Waals surface area (Å²) in [5, 5.41) is 1.08. The molecule has 1 aromatic heterocycles. The van der Waals surface area contributed by atoms with E-state index in [1.807, 2.05) is 35.8 Å². The molecule has 0 N–H and O–H groups in total. The van der Waals surface area contributed by atoms with Crippen LogP contribution in [0, 0.1) is 0 Å². The molecular formula is C14H16N2S3. The van der Waals surface area contributed by atoms with Crippen LogP contribution in [0.15, 0.2) is 46.6 Å². The van der Waals surface area contributed by atoms with Crippen molar-refractivity contribution in [3.63, 3.8) is 0 Å². The quantitative estimate of drug-likeness (QED) is 0.833. The Bertz CT molecular complexity index is 533. The van der Waals surface area contributed by atoms with Crippen LogP contribution in [0.2, 0.25) is 0 Å². The van der Waals surface area contributed by atoms with Gasteiger partial charge in [-0.25, -0.2) is 4.98 Å². The third-order valence-electron chi connectivity index (χ3n) is 3.00. The summed E-state index contributed by atoms with van der Waals surface area (Å²) in [6.45, 7) is 0. The molecule has 1 aliphatic heterocycles. The maximum atomic E-state index is 4.59. The molecule has 0 spiro atoms. The predicted octanol–water partition coefficient (Wildman–Crippen LogP) is 4.44. The summed E-state index contributed by atoms with van der Waals surface area (Å²) in [6.07, 6.45) is 3.37. The summed E-state index contributed by atoms with van der Waals surface area (Å²) < 4.78 is 2.80. The van der Waals surface area contributed by atoms with Crippen LogP contribution in [-0.4, -0.2) is 21.1 Å². The standard InChI is InChI=1S/C14H16N2S3/c1-16-12(13-17-8-5-9-18-13)10-15-14(16)19-11-6-3-2-4-7-11/h2-4,6-7,10,13H,5,8-9H2,1H3. The average molecular weight is 308 g/mol. The molecule has 0 aliphatic carbocycles. The SMILES string of the molecule is Cn1c(C2SCCCS2)cnc1Sc1ccccc1. The van der Waals surface area contributed by atoms with E-state index in [0.29, 0.717) is 4.58 Å². The summed E-state index contributed by atoms with van der Waals surface area (Å²) in [7, 11) is 2.13. The van der Waals surface area contributed by atoms with Crippen LogP contribution in [0.4, 0.5) is 0 Å². The Morgan fingerprint density at radius 1 is 1.21 bits per heavy atom. The molecule has 0 unspecified atom stereocenters. The first-order chi connectivity index (χ1) is 9.34. The average Bonchev–Trinajstić information content (AvgIpc) is 2.82. The van der Waals surface area contributed by atoms with Crippen molar-refractivity contribution < 1.29 is 0 Å². The maximum absolute atomic E-state index is 4.59. The largest absolute Gasteiger partial charge is 0.324 e. The molecule has 2 nitrogen and oxygen atoms in total. The highest BCUT2D eigenvalue weighted by Gasteiger charge is 2.21. The van der Waals surface area contributed by atoms with E-state index >= 15 is 0 Å². The van der Waals surface area contributed by atoms with Gasteiger partial charge in [0.1, 0.15) is 0 Å². The van der Waals surface area contributed by atoms with Gasteiger partial charge in [0, 0.05) is 11.9 Å². The zero-order chi connectivity index (χ0) is 13.1. The van der Waals surface area contributed by atoms with Crippen LogP contribution in [-0.2, 0) is 7.05 Å². The molecule has 3 rings (SSSR count). The van der Waals surface area contributed by atoms with Crippen molar-refractivity contribution in [1.29, 1.82) is 0 Å². The highest BCUT2D eigenvalue weighted by molar-refractivity contribution is 8.16. The fraction of sp³-hybridized carbons (Fsp3) is 0.357. The molecule has 19 heavy (non-hydrogen) atoms. The van der Waals surface area contributed by atoms with E-state index < -0.39 is 0 Å². The second-order valence-electron chi connectivity index (χ2n) is 4.37. The van der Waals surface area contributed by atoms with Crippen molar-refractivity contribution in [3.05, 3.63) is 42.2 Å². The minimum absolute atomic E-state index is 0.552. The summed E-state index contributed by atoms with van der Waals surface area (Å²) in [4.78, 5) is 5.83. The number of hydrogen-bond donors (Lipinski definition) is 0. The molecule has 5 heteroatoms. The van der Waals surface area contributed by atoms with E-state index in [9.17, 15) is 0 Å². The first-order valence-corrected chi connectivity index (χ1v) is 9.24. The molecule has 0 atom stereocenters. The lowest BCUT2D eigenvalue weighted by Gasteiger charge is -2.21. The molecule has 0 amide bonds. The molecule has 100 valence electrons. The molecule has 2 heterocycles. The zero-order valence-electron chi connectivity index (χ0n) is 10.8. The Balaban J connectivity index is 1.78. The fourth-order valence-electron chi connectivity index (χ4n) is 1.97. The predicted molar refractivity (Wildman–Crippen MR) is 86.0 cm³/mol. The molecule has 1 aliphatic rings. The van der Waals surface area contributed by atoms with E-state index in [1.165, 1.54) is 28.5 Å². The third kappa shape index (κ3) is 3.15. The van der Waals surface area contributed by atoms with Gasteiger partial charge in [-0.15, -0.1) is 23.5 Å². The summed E-state index contributed by atoms with van der Waals surface area (Å²) in [6, 6.07) is 10.4. The van der Waals surface area contributed by atoms with E-state index in [0.717, 1.165) is 5.16 Å². The van der Waals surface area contributed by atoms with Gasteiger partial charge in [-0.05, 0) is 30.1 Å². The molecule has 0 bridgehead atoms. The normalized spacial score (nSPS) is 16.7. The van der Waals surface area contributed by atoms with Crippen LogP contribution in [0.25, 0.3) is 0 Å². The Morgan fingerprint density at radius 3 is 2.68 bits per heavy atom. The maximum Gasteiger partial charge on any atom is 0.172 e. The Hall–Kier alpha value is -0.520. The van der Waals surface area contributed by atoms with Gasteiger partial charge in [-0.3, -0.25) is 0 Å². The number of aromatic nitrogens is 2. The number of rotatable bonds is 3. The third-order valence-corrected chi connectivity index (χ3v) is 7.03. The highest BCUT2D eigenvalue weighted by Crippen LogP contribution is 2.44. The molecular weight excluding hydrogens is 292 g/mol. The minimum Gasteiger partial charge on any atom is -0.324 e. The van der Waals surface area contributed by atoms with Gasteiger partial charge in [0.05, 0.1) is 16.5 Å². The Labute approximate surface area is 126 Å². The topological polar surface area (TPSA) is 17.8 Å². The van der Waals surface area contributed by atoms with E-state index in [-0.39, 0.29) is 0 Å². The van der Waals surface area contributed by atoms with Crippen molar-refractivity contribution in [3.8, 4) is 0 Å². The first kappa shape index (κ1) is 13.5. The van der Waals surface area contributed by atoms with E-state index in [1.54, 1.807) is 11.8 Å². The monoisotopic (exact) mass is 308 g/mol. The van der Waals surface area contributed by atoms with Crippen LogP contribution in [0.1, 0.15) is 16.7 Å². The summed E-state index contributed by atoms with van der Waals surface area (Å²) >= 11 is 5.82. The van der Waals surface area contributed by atoms with Crippen LogP contribution in [0.3, 0.4) is 0 Å². The van der Waals surface area contributed by atoms with Crippen molar-refractivity contribution in [2.75, 3.05) is 11.5 Å². The fourth-order valence-corrected chi connectivity index (χ4v) is 5.80. The van der Waals surface area contributed by atoms with Crippen molar-refractivity contribution in [2.45, 2.75) is 21.1 Å². The molecule has 1 saturated heterocycles. The van der Waals surface area contributed by atoms with Gasteiger partial charge < -0.3 is 4.57 Å². The molecule has 1 aromatic carbocycles. The smallest absolute Gasteiger partial charge is 0.172 e. The van der Waals surface area contributed by atoms with Crippen molar-refractivity contribution in [1.82, 2.24) is 9.55 Å². The number of imidazole rings is 1. The zero-order valence-corrected chi connectivity index (χ0v) is 13.2. The molecule has 2 aromatic rings. The Morgan fingerprint density at radius 2 is 1.95 bits per heavy atom. The minimum atomic E-state index is 0.552. The number of nitrogens with zero attached hydrogens (tertiary/aromatic N) is 2. The van der Waals surface area contributed by atoms with Gasteiger partial charge in [-0.1, -0.05) is 30.0 Å². The van der Waals surface area contributed by atoms with E-state index in [2.05, 4.69) is 40.9 Å². The van der Waals surface area contributed by atoms with Crippen LogP contribution >= 0.6 is 35.3 Å². The van der Waals surface area contributed by atoms with Gasteiger partial charge in [0.25, 0.3) is 0 Å². The van der Waals surface area contributed by atoms with Crippen molar-refractivity contribution in [2.24, 2.45) is 7.05 Å². The number of hydrogen-bond acceptors (Lipinski definition) is 4. The second-order valence-corrected chi connectivity index (χ2v) is 8.13. The summed E-state index contributed by atoms with van der Waals surface area (Å²) in [5.41, 5.74) is 1.34. The van der Waals surface area contributed by atoms with Gasteiger partial charge in [-0.2, -0.15) is 0 Å². The van der Waals surface area contributed by atoms with Gasteiger partial charge in [0.15, 0.2) is 5.16 Å². The van der Waals surface area contributed by atoms with Crippen molar-refractivity contribution >= 4 is 35.3 Å². The summed E-state index contributed by atoms with van der Waals surface area (Å²) in [5.74, 6) is 2.54. The Kier molecular flexibility index (Phi) is 4.45. The lowest BCUT2D eigenvalue weighted by atomic mass is 10.4.